The lowest BCUT2D eigenvalue weighted by Gasteiger charge is -2.11. The zero-order valence-corrected chi connectivity index (χ0v) is 9.95. The standard InChI is InChI=1S/C13H14N2S/c1-10(14)12-4-2-3-5-13(12)16-11-6-8-15-9-7-11/h2-10H,14H2,1H3. The number of hydrogen-bond donors (Lipinski definition) is 1. The van der Waals surface area contributed by atoms with E-state index in [0.29, 0.717) is 0 Å². The molecule has 0 bridgehead atoms. The summed E-state index contributed by atoms with van der Waals surface area (Å²) in [5, 5.41) is 0. The van der Waals surface area contributed by atoms with Gasteiger partial charge in [0.2, 0.25) is 0 Å². The van der Waals surface area contributed by atoms with Crippen molar-refractivity contribution in [2.24, 2.45) is 5.73 Å². The minimum atomic E-state index is 0.0607. The second-order valence-electron chi connectivity index (χ2n) is 3.61. The van der Waals surface area contributed by atoms with Crippen LogP contribution in [0, 0.1) is 0 Å². The van der Waals surface area contributed by atoms with E-state index in [1.807, 2.05) is 31.2 Å². The minimum Gasteiger partial charge on any atom is -0.324 e. The summed E-state index contributed by atoms with van der Waals surface area (Å²) < 4.78 is 0. The van der Waals surface area contributed by atoms with Gasteiger partial charge < -0.3 is 5.73 Å². The lowest BCUT2D eigenvalue weighted by atomic mass is 10.1. The lowest BCUT2D eigenvalue weighted by Crippen LogP contribution is -2.05. The Bertz CT molecular complexity index is 454. The largest absolute Gasteiger partial charge is 0.324 e. The van der Waals surface area contributed by atoms with Crippen molar-refractivity contribution < 1.29 is 0 Å². The van der Waals surface area contributed by atoms with E-state index in [4.69, 9.17) is 5.73 Å². The number of rotatable bonds is 3. The second kappa shape index (κ2) is 5.14. The van der Waals surface area contributed by atoms with E-state index in [-0.39, 0.29) is 6.04 Å². The fourth-order valence-corrected chi connectivity index (χ4v) is 2.51. The SMILES string of the molecule is CC(N)c1ccccc1Sc1ccncc1. The van der Waals surface area contributed by atoms with Crippen molar-refractivity contribution in [3.8, 4) is 0 Å². The van der Waals surface area contributed by atoms with E-state index in [0.717, 1.165) is 0 Å². The molecule has 3 heteroatoms. The lowest BCUT2D eigenvalue weighted by molar-refractivity contribution is 0.797. The van der Waals surface area contributed by atoms with E-state index in [2.05, 4.69) is 17.1 Å². The van der Waals surface area contributed by atoms with Gasteiger partial charge in [-0.25, -0.2) is 0 Å². The Labute approximate surface area is 99.9 Å². The third-order valence-electron chi connectivity index (χ3n) is 2.29. The summed E-state index contributed by atoms with van der Waals surface area (Å²) in [6.07, 6.45) is 3.60. The van der Waals surface area contributed by atoms with Crippen LogP contribution in [0.1, 0.15) is 18.5 Å². The highest BCUT2D eigenvalue weighted by Crippen LogP contribution is 2.31. The van der Waals surface area contributed by atoms with E-state index in [9.17, 15) is 0 Å². The Morgan fingerprint density at radius 2 is 1.81 bits per heavy atom. The molecular weight excluding hydrogens is 216 g/mol. The zero-order valence-electron chi connectivity index (χ0n) is 9.13. The van der Waals surface area contributed by atoms with Crippen LogP contribution in [0.25, 0.3) is 0 Å². The maximum atomic E-state index is 5.94. The number of hydrogen-bond acceptors (Lipinski definition) is 3. The molecule has 2 aromatic rings. The van der Waals surface area contributed by atoms with Crippen LogP contribution in [0.15, 0.2) is 58.6 Å². The van der Waals surface area contributed by atoms with Crippen LogP contribution in [0.5, 0.6) is 0 Å². The molecule has 1 unspecified atom stereocenters. The molecule has 0 saturated heterocycles. The third kappa shape index (κ3) is 2.62. The second-order valence-corrected chi connectivity index (χ2v) is 4.73. The van der Waals surface area contributed by atoms with Crippen LogP contribution < -0.4 is 5.73 Å². The van der Waals surface area contributed by atoms with Crippen molar-refractivity contribution in [3.05, 3.63) is 54.4 Å². The molecule has 0 saturated carbocycles. The molecule has 0 amide bonds. The molecule has 1 aromatic carbocycles. The average molecular weight is 230 g/mol. The third-order valence-corrected chi connectivity index (χ3v) is 3.39. The summed E-state index contributed by atoms with van der Waals surface area (Å²) in [6.45, 7) is 2.01. The highest BCUT2D eigenvalue weighted by atomic mass is 32.2. The quantitative estimate of drug-likeness (QED) is 0.879. The molecule has 2 N–H and O–H groups in total. The van der Waals surface area contributed by atoms with Gasteiger partial charge in [-0.3, -0.25) is 4.98 Å². The molecule has 1 aromatic heterocycles. The van der Waals surface area contributed by atoms with Gasteiger partial charge >= 0.3 is 0 Å². The Balaban J connectivity index is 2.28. The number of pyridine rings is 1. The summed E-state index contributed by atoms with van der Waals surface area (Å²) in [7, 11) is 0. The molecule has 1 heterocycles. The van der Waals surface area contributed by atoms with Crippen LogP contribution >= 0.6 is 11.8 Å². The van der Waals surface area contributed by atoms with Crippen molar-refractivity contribution in [1.29, 1.82) is 0 Å². The van der Waals surface area contributed by atoms with E-state index < -0.39 is 0 Å². The van der Waals surface area contributed by atoms with E-state index in [1.165, 1.54) is 15.4 Å². The van der Waals surface area contributed by atoms with Gasteiger partial charge in [0.05, 0.1) is 0 Å². The molecular formula is C13H14N2S. The zero-order chi connectivity index (χ0) is 11.4. The van der Waals surface area contributed by atoms with Gasteiger partial charge in [0.1, 0.15) is 0 Å². The first-order valence-corrected chi connectivity index (χ1v) is 6.01. The highest BCUT2D eigenvalue weighted by Gasteiger charge is 2.06. The molecule has 2 nitrogen and oxygen atoms in total. The van der Waals surface area contributed by atoms with Crippen molar-refractivity contribution in [2.75, 3.05) is 0 Å². The molecule has 0 fully saturated rings. The Kier molecular flexibility index (Phi) is 3.59. The summed E-state index contributed by atoms with van der Waals surface area (Å²) >= 11 is 1.72. The van der Waals surface area contributed by atoms with Crippen molar-refractivity contribution in [2.45, 2.75) is 22.8 Å². The fourth-order valence-electron chi connectivity index (χ4n) is 1.48. The van der Waals surface area contributed by atoms with Crippen molar-refractivity contribution >= 4 is 11.8 Å². The summed E-state index contributed by atoms with van der Waals surface area (Å²) in [6, 6.07) is 12.3. The summed E-state index contributed by atoms with van der Waals surface area (Å²) in [4.78, 5) is 6.40. The Hall–Kier alpha value is -1.32. The summed E-state index contributed by atoms with van der Waals surface area (Å²) in [5.74, 6) is 0. The first-order chi connectivity index (χ1) is 7.77. The maximum absolute atomic E-state index is 5.94. The summed E-state index contributed by atoms with van der Waals surface area (Å²) in [5.41, 5.74) is 7.13. The predicted octanol–water partition coefficient (Wildman–Crippen LogP) is 3.25. The van der Waals surface area contributed by atoms with Crippen LogP contribution in [0.4, 0.5) is 0 Å². The normalized spacial score (nSPS) is 12.4. The Morgan fingerprint density at radius 1 is 1.12 bits per heavy atom. The van der Waals surface area contributed by atoms with Gasteiger partial charge in [0.25, 0.3) is 0 Å². The van der Waals surface area contributed by atoms with Crippen molar-refractivity contribution in [3.63, 3.8) is 0 Å². The van der Waals surface area contributed by atoms with Crippen LogP contribution in [0.3, 0.4) is 0 Å². The van der Waals surface area contributed by atoms with Gasteiger partial charge in [-0.05, 0) is 30.7 Å². The van der Waals surface area contributed by atoms with Crippen molar-refractivity contribution in [1.82, 2.24) is 4.98 Å². The van der Waals surface area contributed by atoms with Crippen LogP contribution in [-0.4, -0.2) is 4.98 Å². The fraction of sp³-hybridized carbons (Fsp3) is 0.154. The van der Waals surface area contributed by atoms with Gasteiger partial charge in [-0.15, -0.1) is 0 Å². The topological polar surface area (TPSA) is 38.9 Å². The molecule has 82 valence electrons. The van der Waals surface area contributed by atoms with E-state index in [1.54, 1.807) is 24.2 Å². The number of nitrogens with zero attached hydrogens (tertiary/aromatic N) is 1. The molecule has 0 radical (unpaired) electrons. The smallest absolute Gasteiger partial charge is 0.0279 e. The molecule has 0 spiro atoms. The van der Waals surface area contributed by atoms with Gasteiger partial charge in [-0.1, -0.05) is 30.0 Å². The van der Waals surface area contributed by atoms with Crippen LogP contribution in [0.2, 0.25) is 0 Å². The maximum Gasteiger partial charge on any atom is 0.0279 e. The van der Waals surface area contributed by atoms with Gasteiger partial charge in [0.15, 0.2) is 0 Å². The predicted molar refractivity (Wildman–Crippen MR) is 67.4 cm³/mol. The van der Waals surface area contributed by atoms with E-state index >= 15 is 0 Å². The van der Waals surface area contributed by atoms with Gasteiger partial charge in [-0.2, -0.15) is 0 Å². The molecule has 0 aliphatic carbocycles. The molecule has 16 heavy (non-hydrogen) atoms. The number of nitrogens with two attached hydrogens (primary N) is 1. The Morgan fingerprint density at radius 3 is 2.50 bits per heavy atom. The number of aromatic nitrogens is 1. The highest BCUT2D eigenvalue weighted by molar-refractivity contribution is 7.99. The minimum absolute atomic E-state index is 0.0607. The van der Waals surface area contributed by atoms with Gasteiger partial charge in [0, 0.05) is 28.2 Å². The molecule has 0 aliphatic rings. The van der Waals surface area contributed by atoms with Crippen LogP contribution in [-0.2, 0) is 0 Å². The molecule has 1 atom stereocenters. The molecule has 2 rings (SSSR count). The monoisotopic (exact) mass is 230 g/mol. The molecule has 0 aliphatic heterocycles. The number of benzene rings is 1. The first kappa shape index (κ1) is 11.2. The first-order valence-electron chi connectivity index (χ1n) is 5.20. The average Bonchev–Trinajstić information content (AvgIpc) is 2.31.